The second kappa shape index (κ2) is 7.90. The molecule has 6 heteroatoms. The fourth-order valence-corrected chi connectivity index (χ4v) is 2.69. The summed E-state index contributed by atoms with van der Waals surface area (Å²) in [5.41, 5.74) is 8.85. The van der Waals surface area contributed by atoms with Crippen molar-refractivity contribution in [2.75, 3.05) is 32.0 Å². The lowest BCUT2D eigenvalue weighted by Crippen LogP contribution is -2.36. The largest absolute Gasteiger partial charge is 0.397 e. The zero-order chi connectivity index (χ0) is 16.8. The quantitative estimate of drug-likeness (QED) is 0.869. The molecule has 1 amide bonds. The number of ether oxygens (including phenoxy) is 1. The SMILES string of the molecule is Nc1ccc(C(=O)NCc2ccccc2CN2CCOCC2)nc1. The van der Waals surface area contributed by atoms with Gasteiger partial charge in [-0.2, -0.15) is 0 Å². The number of aromatic nitrogens is 1. The second-order valence-electron chi connectivity index (χ2n) is 5.82. The molecule has 0 aliphatic carbocycles. The van der Waals surface area contributed by atoms with Crippen LogP contribution in [0.3, 0.4) is 0 Å². The predicted octanol–water partition coefficient (Wildman–Crippen LogP) is 1.43. The molecule has 126 valence electrons. The molecule has 1 aromatic heterocycles. The molecule has 1 aliphatic rings. The Hall–Kier alpha value is -2.44. The molecule has 0 bridgehead atoms. The van der Waals surface area contributed by atoms with Crippen LogP contribution in [0.5, 0.6) is 0 Å². The van der Waals surface area contributed by atoms with E-state index in [4.69, 9.17) is 10.5 Å². The minimum absolute atomic E-state index is 0.198. The minimum atomic E-state index is -0.198. The maximum atomic E-state index is 12.2. The van der Waals surface area contributed by atoms with E-state index < -0.39 is 0 Å². The summed E-state index contributed by atoms with van der Waals surface area (Å²) in [5.74, 6) is -0.198. The molecule has 3 N–H and O–H groups in total. The lowest BCUT2D eigenvalue weighted by atomic mass is 10.1. The number of nitrogen functional groups attached to an aromatic ring is 1. The topological polar surface area (TPSA) is 80.5 Å². The molecule has 0 radical (unpaired) electrons. The van der Waals surface area contributed by atoms with Crippen molar-refractivity contribution in [2.45, 2.75) is 13.1 Å². The average molecular weight is 326 g/mol. The number of amides is 1. The van der Waals surface area contributed by atoms with Gasteiger partial charge in [0.25, 0.3) is 5.91 Å². The molecular weight excluding hydrogens is 304 g/mol. The smallest absolute Gasteiger partial charge is 0.270 e. The molecule has 2 heterocycles. The van der Waals surface area contributed by atoms with E-state index in [9.17, 15) is 4.79 Å². The van der Waals surface area contributed by atoms with Crippen LogP contribution < -0.4 is 11.1 Å². The summed E-state index contributed by atoms with van der Waals surface area (Å²) in [4.78, 5) is 18.6. The number of hydrogen-bond donors (Lipinski definition) is 2. The summed E-state index contributed by atoms with van der Waals surface area (Å²) >= 11 is 0. The van der Waals surface area contributed by atoms with Crippen LogP contribution >= 0.6 is 0 Å². The summed E-state index contributed by atoms with van der Waals surface area (Å²) < 4.78 is 5.39. The number of anilines is 1. The second-order valence-corrected chi connectivity index (χ2v) is 5.82. The van der Waals surface area contributed by atoms with E-state index in [1.165, 1.54) is 11.8 Å². The molecule has 0 atom stereocenters. The summed E-state index contributed by atoms with van der Waals surface area (Å²) in [6, 6.07) is 11.5. The molecule has 3 rings (SSSR count). The molecule has 1 saturated heterocycles. The highest BCUT2D eigenvalue weighted by atomic mass is 16.5. The lowest BCUT2D eigenvalue weighted by Gasteiger charge is -2.27. The van der Waals surface area contributed by atoms with Gasteiger partial charge in [0.05, 0.1) is 25.1 Å². The van der Waals surface area contributed by atoms with Crippen LogP contribution in [0.15, 0.2) is 42.6 Å². The molecule has 24 heavy (non-hydrogen) atoms. The van der Waals surface area contributed by atoms with Gasteiger partial charge in [0.2, 0.25) is 0 Å². The highest BCUT2D eigenvalue weighted by Crippen LogP contribution is 2.13. The number of nitrogens with two attached hydrogens (primary N) is 1. The van der Waals surface area contributed by atoms with Gasteiger partial charge in [0, 0.05) is 26.2 Å². The van der Waals surface area contributed by atoms with Crippen LogP contribution in [0.2, 0.25) is 0 Å². The van der Waals surface area contributed by atoms with E-state index in [1.807, 2.05) is 18.2 Å². The number of carbonyl (C=O) groups excluding carboxylic acids is 1. The Morgan fingerprint density at radius 3 is 2.62 bits per heavy atom. The van der Waals surface area contributed by atoms with E-state index in [0.29, 0.717) is 17.9 Å². The van der Waals surface area contributed by atoms with Crippen molar-refractivity contribution in [1.82, 2.24) is 15.2 Å². The number of hydrogen-bond acceptors (Lipinski definition) is 5. The van der Waals surface area contributed by atoms with Gasteiger partial charge in [-0.15, -0.1) is 0 Å². The molecule has 1 aromatic carbocycles. The first-order valence-electron chi connectivity index (χ1n) is 8.09. The minimum Gasteiger partial charge on any atom is -0.397 e. The standard InChI is InChI=1S/C18H22N4O2/c19-16-5-6-17(20-12-16)18(23)21-11-14-3-1-2-4-15(14)13-22-7-9-24-10-8-22/h1-6,12H,7-11,13,19H2,(H,21,23). The van der Waals surface area contributed by atoms with Crippen LogP contribution in [0.25, 0.3) is 0 Å². The predicted molar refractivity (Wildman–Crippen MR) is 92.4 cm³/mol. The number of carbonyl (C=O) groups is 1. The Bertz CT molecular complexity index is 682. The van der Waals surface area contributed by atoms with Crippen molar-refractivity contribution in [3.63, 3.8) is 0 Å². The van der Waals surface area contributed by atoms with Crippen LogP contribution in [-0.2, 0) is 17.8 Å². The molecule has 6 nitrogen and oxygen atoms in total. The summed E-state index contributed by atoms with van der Waals surface area (Å²) in [5, 5.41) is 2.93. The Morgan fingerprint density at radius 2 is 1.92 bits per heavy atom. The van der Waals surface area contributed by atoms with Crippen molar-refractivity contribution < 1.29 is 9.53 Å². The summed E-state index contributed by atoms with van der Waals surface area (Å²) in [6.07, 6.45) is 1.49. The van der Waals surface area contributed by atoms with Crippen LogP contribution in [0.4, 0.5) is 5.69 Å². The molecule has 0 saturated carbocycles. The van der Waals surface area contributed by atoms with Crippen molar-refractivity contribution in [1.29, 1.82) is 0 Å². The fourth-order valence-electron chi connectivity index (χ4n) is 2.69. The normalized spacial score (nSPS) is 15.2. The third-order valence-corrected chi connectivity index (χ3v) is 4.07. The van der Waals surface area contributed by atoms with Gasteiger partial charge in [0.1, 0.15) is 5.69 Å². The van der Waals surface area contributed by atoms with E-state index in [0.717, 1.165) is 38.4 Å². The fraction of sp³-hybridized carbons (Fsp3) is 0.333. The number of pyridine rings is 1. The molecule has 1 fully saturated rings. The first-order chi connectivity index (χ1) is 11.7. The molecular formula is C18H22N4O2. The van der Waals surface area contributed by atoms with Gasteiger partial charge >= 0.3 is 0 Å². The van der Waals surface area contributed by atoms with E-state index in [2.05, 4.69) is 21.3 Å². The maximum absolute atomic E-state index is 12.2. The number of rotatable bonds is 5. The Kier molecular flexibility index (Phi) is 5.40. The highest BCUT2D eigenvalue weighted by molar-refractivity contribution is 5.92. The van der Waals surface area contributed by atoms with E-state index >= 15 is 0 Å². The van der Waals surface area contributed by atoms with Crippen LogP contribution in [0.1, 0.15) is 21.6 Å². The van der Waals surface area contributed by atoms with Gasteiger partial charge < -0.3 is 15.8 Å². The van der Waals surface area contributed by atoms with Gasteiger partial charge in [-0.1, -0.05) is 24.3 Å². The lowest BCUT2D eigenvalue weighted by molar-refractivity contribution is 0.0340. The van der Waals surface area contributed by atoms with Crippen molar-refractivity contribution in [2.24, 2.45) is 0 Å². The first kappa shape index (κ1) is 16.4. The van der Waals surface area contributed by atoms with E-state index in [-0.39, 0.29) is 5.91 Å². The van der Waals surface area contributed by atoms with E-state index in [1.54, 1.807) is 12.1 Å². The van der Waals surface area contributed by atoms with Crippen LogP contribution in [-0.4, -0.2) is 42.1 Å². The Morgan fingerprint density at radius 1 is 1.17 bits per heavy atom. The van der Waals surface area contributed by atoms with Gasteiger partial charge in [-0.05, 0) is 23.3 Å². The highest BCUT2D eigenvalue weighted by Gasteiger charge is 2.13. The zero-order valence-corrected chi connectivity index (χ0v) is 13.6. The monoisotopic (exact) mass is 326 g/mol. The number of nitrogens with one attached hydrogen (secondary N) is 1. The van der Waals surface area contributed by atoms with Gasteiger partial charge in [-0.25, -0.2) is 4.98 Å². The third-order valence-electron chi connectivity index (χ3n) is 4.07. The number of nitrogens with zero attached hydrogens (tertiary/aromatic N) is 2. The number of benzene rings is 1. The van der Waals surface area contributed by atoms with Gasteiger partial charge in [0.15, 0.2) is 0 Å². The summed E-state index contributed by atoms with van der Waals surface area (Å²) in [6.45, 7) is 4.79. The summed E-state index contributed by atoms with van der Waals surface area (Å²) in [7, 11) is 0. The Balaban J connectivity index is 1.62. The molecule has 0 spiro atoms. The first-order valence-corrected chi connectivity index (χ1v) is 8.09. The molecule has 2 aromatic rings. The maximum Gasteiger partial charge on any atom is 0.270 e. The van der Waals surface area contributed by atoms with Gasteiger partial charge in [-0.3, -0.25) is 9.69 Å². The number of morpholine rings is 1. The van der Waals surface area contributed by atoms with Crippen molar-refractivity contribution in [3.8, 4) is 0 Å². The average Bonchev–Trinajstić information content (AvgIpc) is 2.62. The molecule has 1 aliphatic heterocycles. The Labute approximate surface area is 141 Å². The van der Waals surface area contributed by atoms with Crippen LogP contribution in [0, 0.1) is 0 Å². The zero-order valence-electron chi connectivity index (χ0n) is 13.6. The third kappa shape index (κ3) is 4.31. The molecule has 0 unspecified atom stereocenters. The van der Waals surface area contributed by atoms with Crippen molar-refractivity contribution in [3.05, 3.63) is 59.4 Å². The van der Waals surface area contributed by atoms with Crippen molar-refractivity contribution >= 4 is 11.6 Å².